The van der Waals surface area contributed by atoms with E-state index in [1.54, 1.807) is 14.2 Å². The Kier molecular flexibility index (Phi) is 83.6. The van der Waals surface area contributed by atoms with Crippen LogP contribution in [0.4, 0.5) is 0 Å². The van der Waals surface area contributed by atoms with E-state index in [4.69, 9.17) is 142 Å². The average Bonchev–Trinajstić information content (AvgIpc) is 1.81. The molecule has 0 aliphatic heterocycles. The Balaban J connectivity index is 3.13. The van der Waals surface area contributed by atoms with E-state index in [0.29, 0.717) is 363 Å². The van der Waals surface area contributed by atoms with E-state index < -0.39 is 7.15 Å². The molecule has 0 saturated carbocycles. The number of nitrogens with two attached hydrogens (primary N) is 1. The van der Waals surface area contributed by atoms with Gasteiger partial charge in [-0.1, -0.05) is 0 Å². The van der Waals surface area contributed by atoms with Crippen LogP contribution in [0.25, 0.3) is 0 Å². The molecule has 0 aromatic carbocycles. The lowest BCUT2D eigenvalue weighted by atomic mass is 10.4. The highest BCUT2D eigenvalue weighted by molar-refractivity contribution is 8.57. The average molecular weight is 1420 g/mol. The van der Waals surface area contributed by atoms with Crippen LogP contribution in [0.15, 0.2) is 0 Å². The maximum Gasteiger partial charge on any atom is 0.480 e. The van der Waals surface area contributed by atoms with Crippen LogP contribution in [0.2, 0.25) is 0 Å². The number of carbonyl (C=O) groups is 1. The summed E-state index contributed by atoms with van der Waals surface area (Å²) in [5.41, 5.74) is 5.35. The van der Waals surface area contributed by atoms with E-state index in [9.17, 15) is 4.79 Å². The van der Waals surface area contributed by atoms with Gasteiger partial charge in [0.15, 0.2) is 0 Å². The Morgan fingerprint density at radius 2 is 0.415 bits per heavy atom. The smallest absolute Gasteiger partial charge is 0.379 e. The summed E-state index contributed by atoms with van der Waals surface area (Å²) in [6.07, 6.45) is 2.13. The SMILES string of the molecule is CO[P+](OC)(OCCOCCOCCNC(=O)CCOCCOCCOCCOCCOCCOCCOCCOCCOCCOCCOCCOCCOCCOCCOCCOCCOCCOCCOCCOCCOCCOCCOCCOCCN)SC. The molecule has 564 valence electrons. The van der Waals surface area contributed by atoms with Crippen molar-refractivity contribution in [1.29, 1.82) is 0 Å². The summed E-state index contributed by atoms with van der Waals surface area (Å²) in [4.78, 5) is 12.0. The number of ether oxygens (including phenoxy) is 26. The predicted octanol–water partition coefficient (Wildman–Crippen LogP) is 1.23. The second-order valence-corrected chi connectivity index (χ2v) is 23.3. The fourth-order valence-electron chi connectivity index (χ4n) is 6.67. The van der Waals surface area contributed by atoms with Gasteiger partial charge in [0.2, 0.25) is 5.91 Å². The molecule has 34 heteroatoms. The first-order chi connectivity index (χ1) is 46.6. The van der Waals surface area contributed by atoms with Gasteiger partial charge in [0, 0.05) is 25.8 Å². The summed E-state index contributed by atoms with van der Waals surface area (Å²) in [5, 5.41) is 2.80. The molecule has 1 amide bonds. The van der Waals surface area contributed by atoms with E-state index >= 15 is 0 Å². The third-order valence-corrected chi connectivity index (χ3v) is 15.8. The first kappa shape index (κ1) is 93.0. The molecule has 0 heterocycles. The van der Waals surface area contributed by atoms with Crippen LogP contribution < -0.4 is 11.1 Å². The number of carbonyl (C=O) groups excluding carboxylic acids is 1. The summed E-state index contributed by atoms with van der Waals surface area (Å²) in [6, 6.07) is 0. The first-order valence-electron chi connectivity index (χ1n) is 32.8. The van der Waals surface area contributed by atoms with Gasteiger partial charge < -0.3 is 134 Å². The standard InChI is InChI=1S/C60H123N2O30PS/c1-64-93(65-2,94-3)92-59-58-91-15-12-68-9-6-62-60(63)4-7-66-10-13-69-16-18-71-20-22-73-24-26-75-28-30-77-32-34-79-36-38-81-40-42-83-44-46-85-48-50-87-52-54-89-56-57-90-55-53-88-51-49-86-47-45-84-43-41-82-39-37-80-35-33-78-31-29-76-27-25-74-23-21-72-19-17-70-14-11-67-8-5-61/h4-59,61H2,1-3H3/p+1. The van der Waals surface area contributed by atoms with Crippen molar-refractivity contribution in [3.05, 3.63) is 0 Å². The molecule has 0 unspecified atom stereocenters. The van der Waals surface area contributed by atoms with Gasteiger partial charge in [-0.15, -0.1) is 0 Å². The second kappa shape index (κ2) is 84.5. The minimum Gasteiger partial charge on any atom is -0.379 e. The van der Waals surface area contributed by atoms with E-state index in [1.807, 2.05) is 6.26 Å². The highest BCUT2D eigenvalue weighted by atomic mass is 32.7. The molecule has 0 fully saturated rings. The molecule has 0 saturated heterocycles. The van der Waals surface area contributed by atoms with Crippen molar-refractivity contribution in [1.82, 2.24) is 5.32 Å². The van der Waals surface area contributed by atoms with Crippen molar-refractivity contribution >= 4 is 24.4 Å². The van der Waals surface area contributed by atoms with E-state index in [1.165, 1.54) is 11.4 Å². The van der Waals surface area contributed by atoms with Gasteiger partial charge in [-0.05, 0) is 0 Å². The zero-order valence-corrected chi connectivity index (χ0v) is 59.0. The number of amides is 1. The number of hydrogen-bond acceptors (Lipinski definition) is 32. The molecule has 0 aliphatic carbocycles. The van der Waals surface area contributed by atoms with Crippen LogP contribution in [0.5, 0.6) is 0 Å². The van der Waals surface area contributed by atoms with Crippen LogP contribution >= 0.6 is 18.5 Å². The van der Waals surface area contributed by atoms with Gasteiger partial charge in [0.05, 0.1) is 358 Å². The number of nitrogens with one attached hydrogen (secondary N) is 1. The van der Waals surface area contributed by atoms with E-state index in [-0.39, 0.29) is 12.3 Å². The van der Waals surface area contributed by atoms with E-state index in [0.717, 1.165) is 0 Å². The molecule has 3 N–H and O–H groups in total. The normalized spacial score (nSPS) is 11.9. The van der Waals surface area contributed by atoms with Gasteiger partial charge in [-0.3, -0.25) is 4.79 Å². The quantitative estimate of drug-likeness (QED) is 0.0639. The maximum absolute atomic E-state index is 12.0. The Morgan fingerprint density at radius 1 is 0.255 bits per heavy atom. The van der Waals surface area contributed by atoms with Crippen molar-refractivity contribution in [2.75, 3.05) is 384 Å². The Bertz CT molecular complexity index is 1410. The summed E-state index contributed by atoms with van der Waals surface area (Å²) in [7, 11) is 0.785. The molecule has 0 rings (SSSR count). The van der Waals surface area contributed by atoms with E-state index in [2.05, 4.69) is 5.32 Å². The molecule has 0 spiro atoms. The molecule has 0 aromatic rings. The minimum atomic E-state index is -2.34. The molecular weight excluding hydrogens is 1290 g/mol. The third kappa shape index (κ3) is 78.4. The molecule has 0 bridgehead atoms. The van der Waals surface area contributed by atoms with Crippen molar-refractivity contribution in [2.45, 2.75) is 6.42 Å². The highest BCUT2D eigenvalue weighted by Crippen LogP contribution is 2.70. The lowest BCUT2D eigenvalue weighted by Gasteiger charge is -2.15. The van der Waals surface area contributed by atoms with Crippen LogP contribution in [-0.4, -0.2) is 390 Å². The highest BCUT2D eigenvalue weighted by Gasteiger charge is 2.43. The molecule has 32 nitrogen and oxygen atoms in total. The molecular formula is C60H124N2O30PS+. The topological polar surface area (TPSA) is 323 Å². The van der Waals surface area contributed by atoms with Gasteiger partial charge in [-0.2, -0.15) is 13.6 Å². The van der Waals surface area contributed by atoms with Crippen molar-refractivity contribution in [2.24, 2.45) is 5.73 Å². The van der Waals surface area contributed by atoms with Gasteiger partial charge in [0.25, 0.3) is 0 Å². The molecule has 0 radical (unpaired) electrons. The Labute approximate surface area is 565 Å². The van der Waals surface area contributed by atoms with Crippen molar-refractivity contribution in [3.8, 4) is 0 Å². The molecule has 0 aromatic heterocycles. The van der Waals surface area contributed by atoms with Crippen molar-refractivity contribution < 1.29 is 142 Å². The van der Waals surface area contributed by atoms with Crippen molar-refractivity contribution in [3.63, 3.8) is 0 Å². The fraction of sp³-hybridized carbons (Fsp3) is 0.983. The second-order valence-electron chi connectivity index (χ2n) is 18.6. The summed E-state index contributed by atoms with van der Waals surface area (Å²) < 4.78 is 159. The lowest BCUT2D eigenvalue weighted by molar-refractivity contribution is -0.122. The largest absolute Gasteiger partial charge is 0.480 e. The Hall–Kier alpha value is -0.950. The fourth-order valence-corrected chi connectivity index (χ4v) is 9.17. The number of hydrogen-bond donors (Lipinski definition) is 2. The molecule has 94 heavy (non-hydrogen) atoms. The summed E-state index contributed by atoms with van der Waals surface area (Å²) in [5.74, 6) is -0.103. The van der Waals surface area contributed by atoms with Gasteiger partial charge in [0.1, 0.15) is 18.0 Å². The summed E-state index contributed by atoms with van der Waals surface area (Å²) in [6.45, 7) is 25.8. The minimum absolute atomic E-state index is 0.103. The van der Waals surface area contributed by atoms with Gasteiger partial charge in [-0.25, -0.2) is 0 Å². The Morgan fingerprint density at radius 3 is 0.585 bits per heavy atom. The maximum atomic E-state index is 12.0. The zero-order valence-electron chi connectivity index (χ0n) is 57.3. The molecule has 0 aliphatic rings. The van der Waals surface area contributed by atoms with Crippen LogP contribution in [0.1, 0.15) is 6.42 Å². The predicted molar refractivity (Wildman–Crippen MR) is 348 cm³/mol. The van der Waals surface area contributed by atoms with Crippen LogP contribution in [0.3, 0.4) is 0 Å². The monoisotopic (exact) mass is 1420 g/mol. The number of rotatable bonds is 87. The summed E-state index contributed by atoms with van der Waals surface area (Å²) >= 11 is 1.41. The first-order valence-corrected chi connectivity index (χ1v) is 36.2. The van der Waals surface area contributed by atoms with Crippen LogP contribution in [0, 0.1) is 0 Å². The van der Waals surface area contributed by atoms with Gasteiger partial charge >= 0.3 is 7.15 Å². The third-order valence-electron chi connectivity index (χ3n) is 11.4. The zero-order chi connectivity index (χ0) is 67.6. The van der Waals surface area contributed by atoms with Crippen LogP contribution in [-0.2, 0) is 142 Å². The molecule has 0 atom stereocenters. The lowest BCUT2D eigenvalue weighted by Crippen LogP contribution is -2.28.